The normalized spacial score (nSPS) is 19.7. The smallest absolute Gasteiger partial charge is 0.163 e. The zero-order chi connectivity index (χ0) is 18.6. The third kappa shape index (κ3) is 3.69. The molecule has 1 saturated heterocycles. The Balaban J connectivity index is 1.73. The van der Waals surface area contributed by atoms with Gasteiger partial charge in [-0.3, -0.25) is 4.79 Å². The SMILES string of the molecule is C=C[C@H]1CNCC[C@H]1CC(=O)c1cc(-c2ccccc2)nc2ccccc12. The van der Waals surface area contributed by atoms with Crippen LogP contribution in [0.1, 0.15) is 23.2 Å². The highest BCUT2D eigenvalue weighted by molar-refractivity contribution is 6.08. The van der Waals surface area contributed by atoms with E-state index in [0.717, 1.165) is 47.2 Å². The molecule has 0 spiro atoms. The van der Waals surface area contributed by atoms with Crippen molar-refractivity contribution in [3.8, 4) is 11.3 Å². The zero-order valence-corrected chi connectivity index (χ0v) is 15.4. The molecule has 27 heavy (non-hydrogen) atoms. The van der Waals surface area contributed by atoms with Gasteiger partial charge in [0.2, 0.25) is 0 Å². The molecule has 136 valence electrons. The van der Waals surface area contributed by atoms with Gasteiger partial charge in [0.25, 0.3) is 0 Å². The number of nitrogens with zero attached hydrogens (tertiary/aromatic N) is 1. The number of piperidine rings is 1. The molecule has 0 radical (unpaired) electrons. The summed E-state index contributed by atoms with van der Waals surface area (Å²) in [6.45, 7) is 5.83. The Bertz CT molecular complexity index is 965. The van der Waals surface area contributed by atoms with Crippen LogP contribution >= 0.6 is 0 Å². The predicted octanol–water partition coefficient (Wildman–Crippen LogP) is 4.89. The summed E-state index contributed by atoms with van der Waals surface area (Å²) in [6, 6.07) is 19.9. The number of pyridine rings is 1. The molecule has 0 bridgehead atoms. The molecule has 1 fully saturated rings. The number of fused-ring (bicyclic) bond motifs is 1. The third-order valence-electron chi connectivity index (χ3n) is 5.51. The molecule has 0 amide bonds. The first-order valence-electron chi connectivity index (χ1n) is 9.58. The number of para-hydroxylation sites is 1. The monoisotopic (exact) mass is 356 g/mol. The van der Waals surface area contributed by atoms with Gasteiger partial charge in [0.1, 0.15) is 0 Å². The van der Waals surface area contributed by atoms with Crippen LogP contribution in [0.15, 0.2) is 73.3 Å². The first-order chi connectivity index (χ1) is 13.3. The van der Waals surface area contributed by atoms with Crippen molar-refractivity contribution in [3.63, 3.8) is 0 Å². The Hall–Kier alpha value is -2.78. The second kappa shape index (κ2) is 7.85. The lowest BCUT2D eigenvalue weighted by molar-refractivity contribution is 0.0941. The average Bonchev–Trinajstić information content (AvgIpc) is 2.74. The molecule has 1 aliphatic rings. The van der Waals surface area contributed by atoms with Crippen molar-refractivity contribution in [1.29, 1.82) is 0 Å². The average molecular weight is 356 g/mol. The minimum absolute atomic E-state index is 0.199. The first kappa shape index (κ1) is 17.6. The molecule has 2 aromatic carbocycles. The summed E-state index contributed by atoms with van der Waals surface area (Å²) in [7, 11) is 0. The van der Waals surface area contributed by atoms with Gasteiger partial charge in [-0.05, 0) is 36.9 Å². The molecule has 1 aromatic heterocycles. The van der Waals surface area contributed by atoms with E-state index in [2.05, 4.69) is 11.9 Å². The second-order valence-corrected chi connectivity index (χ2v) is 7.22. The molecule has 1 N–H and O–H groups in total. The summed E-state index contributed by atoms with van der Waals surface area (Å²) in [4.78, 5) is 18.1. The van der Waals surface area contributed by atoms with E-state index in [9.17, 15) is 4.79 Å². The lowest BCUT2D eigenvalue weighted by Gasteiger charge is -2.29. The van der Waals surface area contributed by atoms with Gasteiger partial charge in [-0.2, -0.15) is 0 Å². The topological polar surface area (TPSA) is 42.0 Å². The maximum Gasteiger partial charge on any atom is 0.163 e. The molecule has 2 heterocycles. The van der Waals surface area contributed by atoms with Crippen LogP contribution in [0.3, 0.4) is 0 Å². The van der Waals surface area contributed by atoms with Crippen LogP contribution in [-0.4, -0.2) is 23.9 Å². The summed E-state index contributed by atoms with van der Waals surface area (Å²) in [5, 5.41) is 4.33. The number of hydrogen-bond donors (Lipinski definition) is 1. The Morgan fingerprint density at radius 1 is 1.15 bits per heavy atom. The van der Waals surface area contributed by atoms with Crippen LogP contribution in [0.2, 0.25) is 0 Å². The molecule has 3 nitrogen and oxygen atoms in total. The Labute approximate surface area is 160 Å². The zero-order valence-electron chi connectivity index (χ0n) is 15.4. The maximum absolute atomic E-state index is 13.3. The lowest BCUT2D eigenvalue weighted by atomic mass is 9.81. The number of nitrogens with one attached hydrogen (secondary N) is 1. The molecule has 0 aliphatic carbocycles. The fraction of sp³-hybridized carbons (Fsp3) is 0.250. The predicted molar refractivity (Wildman–Crippen MR) is 111 cm³/mol. The van der Waals surface area contributed by atoms with Crippen molar-refractivity contribution < 1.29 is 4.79 Å². The highest BCUT2D eigenvalue weighted by Gasteiger charge is 2.26. The molecule has 0 saturated carbocycles. The van der Waals surface area contributed by atoms with E-state index in [1.165, 1.54) is 0 Å². The number of rotatable bonds is 5. The molecule has 4 rings (SSSR count). The van der Waals surface area contributed by atoms with Crippen LogP contribution in [-0.2, 0) is 0 Å². The summed E-state index contributed by atoms with van der Waals surface area (Å²) >= 11 is 0. The Morgan fingerprint density at radius 3 is 2.74 bits per heavy atom. The van der Waals surface area contributed by atoms with E-state index >= 15 is 0 Å². The molecular weight excluding hydrogens is 332 g/mol. The van der Waals surface area contributed by atoms with Crippen LogP contribution in [0.5, 0.6) is 0 Å². The van der Waals surface area contributed by atoms with Crippen molar-refractivity contribution in [2.24, 2.45) is 11.8 Å². The Morgan fingerprint density at radius 2 is 1.93 bits per heavy atom. The molecule has 0 unspecified atom stereocenters. The van der Waals surface area contributed by atoms with Crippen LogP contribution in [0.25, 0.3) is 22.2 Å². The fourth-order valence-electron chi connectivity index (χ4n) is 3.98. The van der Waals surface area contributed by atoms with Gasteiger partial charge >= 0.3 is 0 Å². The quantitative estimate of drug-likeness (QED) is 0.523. The summed E-state index contributed by atoms with van der Waals surface area (Å²) in [6.07, 6.45) is 3.56. The number of Topliss-reactive ketones (excluding diaryl/α,β-unsaturated/α-hetero) is 1. The van der Waals surface area contributed by atoms with Gasteiger partial charge in [-0.1, -0.05) is 54.6 Å². The van der Waals surface area contributed by atoms with Crippen molar-refractivity contribution in [3.05, 3.63) is 78.9 Å². The third-order valence-corrected chi connectivity index (χ3v) is 5.51. The van der Waals surface area contributed by atoms with Crippen molar-refractivity contribution >= 4 is 16.7 Å². The summed E-state index contributed by atoms with van der Waals surface area (Å²) in [5.74, 6) is 0.900. The van der Waals surface area contributed by atoms with Crippen molar-refractivity contribution in [2.75, 3.05) is 13.1 Å². The van der Waals surface area contributed by atoms with Crippen LogP contribution in [0, 0.1) is 11.8 Å². The van der Waals surface area contributed by atoms with Gasteiger partial charge < -0.3 is 5.32 Å². The number of aromatic nitrogens is 1. The van der Waals surface area contributed by atoms with Crippen LogP contribution < -0.4 is 5.32 Å². The lowest BCUT2D eigenvalue weighted by Crippen LogP contribution is -2.36. The van der Waals surface area contributed by atoms with Gasteiger partial charge in [-0.25, -0.2) is 4.98 Å². The van der Waals surface area contributed by atoms with Gasteiger partial charge in [0, 0.05) is 29.5 Å². The van der Waals surface area contributed by atoms with Crippen molar-refractivity contribution in [1.82, 2.24) is 10.3 Å². The molecule has 2 atom stereocenters. The standard InChI is InChI=1S/C24H24N2O/c1-2-17-16-25-13-12-19(17)14-24(27)21-15-23(18-8-4-3-5-9-18)26-22-11-7-6-10-20(21)22/h2-11,15,17,19,25H,1,12-14,16H2/t17-,19-/m0/s1. The largest absolute Gasteiger partial charge is 0.316 e. The molecule has 3 heteroatoms. The highest BCUT2D eigenvalue weighted by Crippen LogP contribution is 2.29. The minimum atomic E-state index is 0.199. The van der Waals surface area contributed by atoms with Gasteiger partial charge in [0.15, 0.2) is 5.78 Å². The van der Waals surface area contributed by atoms with E-state index < -0.39 is 0 Å². The minimum Gasteiger partial charge on any atom is -0.316 e. The van der Waals surface area contributed by atoms with Gasteiger partial charge in [-0.15, -0.1) is 6.58 Å². The van der Waals surface area contributed by atoms with Crippen LogP contribution in [0.4, 0.5) is 0 Å². The van der Waals surface area contributed by atoms with E-state index in [1.807, 2.05) is 66.7 Å². The highest BCUT2D eigenvalue weighted by atomic mass is 16.1. The fourth-order valence-corrected chi connectivity index (χ4v) is 3.98. The summed E-state index contributed by atoms with van der Waals surface area (Å²) < 4.78 is 0. The second-order valence-electron chi connectivity index (χ2n) is 7.22. The molecule has 3 aromatic rings. The Kier molecular flexibility index (Phi) is 5.12. The van der Waals surface area contributed by atoms with Gasteiger partial charge in [0.05, 0.1) is 11.2 Å². The number of hydrogen-bond acceptors (Lipinski definition) is 3. The molecule has 1 aliphatic heterocycles. The van der Waals surface area contributed by atoms with E-state index in [-0.39, 0.29) is 5.78 Å². The number of carbonyl (C=O) groups is 1. The van der Waals surface area contributed by atoms with E-state index in [1.54, 1.807) is 0 Å². The number of carbonyl (C=O) groups excluding carboxylic acids is 1. The number of benzene rings is 2. The van der Waals surface area contributed by atoms with E-state index in [0.29, 0.717) is 18.3 Å². The van der Waals surface area contributed by atoms with E-state index in [4.69, 9.17) is 4.98 Å². The van der Waals surface area contributed by atoms with Crippen molar-refractivity contribution in [2.45, 2.75) is 12.8 Å². The molecular formula is C24H24N2O. The number of ketones is 1. The maximum atomic E-state index is 13.3. The summed E-state index contributed by atoms with van der Waals surface area (Å²) in [5.41, 5.74) is 3.53. The first-order valence-corrected chi connectivity index (χ1v) is 9.58.